The van der Waals surface area contributed by atoms with E-state index in [-0.39, 0.29) is 5.56 Å². The number of amides is 1. The minimum absolute atomic E-state index is 0.0498. The number of aryl methyl sites for hydroxylation is 2. The van der Waals surface area contributed by atoms with Crippen LogP contribution in [-0.4, -0.2) is 26.1 Å². The highest BCUT2D eigenvalue weighted by atomic mass is 16.2. The summed E-state index contributed by atoms with van der Waals surface area (Å²) in [6.45, 7) is 3.54. The molecular weight excluding hydrogens is 306 g/mol. The molecule has 3 aromatic rings. The summed E-state index contributed by atoms with van der Waals surface area (Å²) in [6, 6.07) is 12.0. The molecule has 0 aliphatic heterocycles. The van der Waals surface area contributed by atoms with Crippen LogP contribution >= 0.6 is 0 Å². The Morgan fingerprint density at radius 2 is 1.88 bits per heavy atom. The first-order valence-electron chi connectivity index (χ1n) is 7.49. The fourth-order valence-corrected chi connectivity index (χ4v) is 2.39. The maximum Gasteiger partial charge on any atom is 0.260 e. The van der Waals surface area contributed by atoms with Crippen LogP contribution in [0, 0.1) is 13.8 Å². The predicted octanol–water partition coefficient (Wildman–Crippen LogP) is 1.63. The lowest BCUT2D eigenvalue weighted by Gasteiger charge is -2.16. The average molecular weight is 323 g/mol. The first-order valence-corrected chi connectivity index (χ1v) is 7.49. The number of nitrogens with zero attached hydrogens (tertiary/aromatic N) is 2. The summed E-state index contributed by atoms with van der Waals surface area (Å²) in [5.41, 5.74) is 1.15. The number of nitrogens with one attached hydrogen (secondary N) is 3. The zero-order valence-electron chi connectivity index (χ0n) is 13.3. The lowest BCUT2D eigenvalue weighted by Crippen LogP contribution is -2.34. The number of benzene rings is 1. The molecule has 0 aliphatic rings. The van der Waals surface area contributed by atoms with Crippen LogP contribution in [0.2, 0.25) is 0 Å². The minimum Gasteiger partial charge on any atom is -0.338 e. The van der Waals surface area contributed by atoms with Crippen LogP contribution in [0.15, 0.2) is 47.3 Å². The van der Waals surface area contributed by atoms with Crippen molar-refractivity contribution in [3.63, 3.8) is 0 Å². The van der Waals surface area contributed by atoms with Gasteiger partial charge in [-0.1, -0.05) is 30.3 Å². The maximum atomic E-state index is 12.5. The number of aromatic nitrogens is 4. The molecule has 7 heteroatoms. The third-order valence-corrected chi connectivity index (χ3v) is 3.58. The zero-order valence-corrected chi connectivity index (χ0v) is 13.3. The molecule has 1 unspecified atom stereocenters. The molecule has 2 heterocycles. The topological polar surface area (TPSA) is 104 Å². The average Bonchev–Trinajstić information content (AvgIpc) is 2.99. The van der Waals surface area contributed by atoms with Gasteiger partial charge in [-0.2, -0.15) is 5.10 Å². The Morgan fingerprint density at radius 1 is 1.12 bits per heavy atom. The molecule has 0 radical (unpaired) electrons. The first kappa shape index (κ1) is 15.7. The Bertz CT molecular complexity index is 914. The van der Waals surface area contributed by atoms with Crippen LogP contribution in [0.4, 0.5) is 0 Å². The van der Waals surface area contributed by atoms with Gasteiger partial charge in [-0.3, -0.25) is 14.7 Å². The van der Waals surface area contributed by atoms with Crippen molar-refractivity contribution in [3.05, 3.63) is 81.3 Å². The van der Waals surface area contributed by atoms with Gasteiger partial charge in [0.05, 0.1) is 0 Å². The second-order valence-electron chi connectivity index (χ2n) is 5.48. The fraction of sp³-hybridized carbons (Fsp3) is 0.176. The van der Waals surface area contributed by atoms with Crippen LogP contribution in [0.3, 0.4) is 0 Å². The summed E-state index contributed by atoms with van der Waals surface area (Å²) in [5, 5.41) is 9.74. The summed E-state index contributed by atoms with van der Waals surface area (Å²) >= 11 is 0. The van der Waals surface area contributed by atoms with Gasteiger partial charge < -0.3 is 10.3 Å². The molecule has 24 heavy (non-hydrogen) atoms. The van der Waals surface area contributed by atoms with Gasteiger partial charge in [-0.05, 0) is 31.5 Å². The fourth-order valence-electron chi connectivity index (χ4n) is 2.39. The summed E-state index contributed by atoms with van der Waals surface area (Å²) in [6.07, 6.45) is 0. The Labute approximate surface area is 138 Å². The van der Waals surface area contributed by atoms with Gasteiger partial charge in [-0.25, -0.2) is 4.98 Å². The Morgan fingerprint density at radius 3 is 2.50 bits per heavy atom. The highest BCUT2D eigenvalue weighted by molar-refractivity contribution is 5.94. The van der Waals surface area contributed by atoms with Crippen molar-refractivity contribution < 1.29 is 4.79 Å². The molecule has 0 fully saturated rings. The summed E-state index contributed by atoms with van der Waals surface area (Å²) < 4.78 is 0. The van der Waals surface area contributed by atoms with E-state index in [1.165, 1.54) is 6.07 Å². The van der Waals surface area contributed by atoms with Crippen molar-refractivity contribution in [1.29, 1.82) is 0 Å². The lowest BCUT2D eigenvalue weighted by molar-refractivity contribution is 0.0940. The van der Waals surface area contributed by atoms with Crippen molar-refractivity contribution >= 4 is 5.91 Å². The van der Waals surface area contributed by atoms with E-state index in [1.807, 2.05) is 30.3 Å². The quantitative estimate of drug-likeness (QED) is 0.679. The highest BCUT2D eigenvalue weighted by Gasteiger charge is 2.22. The number of carbonyl (C=O) groups is 1. The molecule has 3 N–H and O–H groups in total. The highest BCUT2D eigenvalue weighted by Crippen LogP contribution is 2.19. The van der Waals surface area contributed by atoms with Gasteiger partial charge in [0.1, 0.15) is 17.4 Å². The lowest BCUT2D eigenvalue weighted by atomic mass is 10.1. The molecule has 0 saturated heterocycles. The summed E-state index contributed by atoms with van der Waals surface area (Å²) in [7, 11) is 0. The number of rotatable bonds is 4. The van der Waals surface area contributed by atoms with Gasteiger partial charge in [-0.15, -0.1) is 0 Å². The number of aromatic amines is 2. The molecule has 0 bridgehead atoms. The number of carbonyl (C=O) groups excluding carboxylic acids is 1. The summed E-state index contributed by atoms with van der Waals surface area (Å²) in [5.74, 6) is 0.608. The van der Waals surface area contributed by atoms with Crippen molar-refractivity contribution in [1.82, 2.24) is 25.5 Å². The van der Waals surface area contributed by atoms with E-state index < -0.39 is 17.5 Å². The summed E-state index contributed by atoms with van der Waals surface area (Å²) in [4.78, 5) is 31.5. The van der Waals surface area contributed by atoms with Crippen molar-refractivity contribution in [3.8, 4) is 0 Å². The van der Waals surface area contributed by atoms with E-state index in [0.717, 1.165) is 5.56 Å². The van der Waals surface area contributed by atoms with Crippen molar-refractivity contribution in [2.24, 2.45) is 0 Å². The maximum absolute atomic E-state index is 12.5. The molecule has 2 aromatic heterocycles. The smallest absolute Gasteiger partial charge is 0.260 e. The molecule has 122 valence electrons. The normalized spacial score (nSPS) is 11.9. The van der Waals surface area contributed by atoms with E-state index in [2.05, 4.69) is 25.5 Å². The molecule has 0 spiro atoms. The van der Waals surface area contributed by atoms with Crippen molar-refractivity contribution in [2.45, 2.75) is 19.9 Å². The Hall–Kier alpha value is -3.22. The van der Waals surface area contributed by atoms with E-state index in [1.54, 1.807) is 19.9 Å². The van der Waals surface area contributed by atoms with Gasteiger partial charge in [0, 0.05) is 5.69 Å². The van der Waals surface area contributed by atoms with Crippen molar-refractivity contribution in [2.75, 3.05) is 0 Å². The second kappa shape index (κ2) is 6.49. The largest absolute Gasteiger partial charge is 0.338 e. The molecule has 1 amide bonds. The molecule has 7 nitrogen and oxygen atoms in total. The number of pyridine rings is 1. The van der Waals surface area contributed by atoms with Crippen LogP contribution in [0.25, 0.3) is 0 Å². The SMILES string of the molecule is Cc1ccc(C(=O)NC(c2ccccc2)c2n[nH]c(C)n2)c(=O)[nH]1. The minimum atomic E-state index is -0.552. The molecule has 0 saturated carbocycles. The van der Waals surface area contributed by atoms with Crippen LogP contribution in [0.1, 0.15) is 39.3 Å². The predicted molar refractivity (Wildman–Crippen MR) is 88.7 cm³/mol. The van der Waals surface area contributed by atoms with E-state index in [0.29, 0.717) is 17.3 Å². The Balaban J connectivity index is 1.95. The molecule has 3 rings (SSSR count). The Kier molecular flexibility index (Phi) is 4.24. The molecular formula is C17H17N5O2. The zero-order chi connectivity index (χ0) is 17.1. The van der Waals surface area contributed by atoms with Gasteiger partial charge in [0.2, 0.25) is 0 Å². The molecule has 1 atom stereocenters. The van der Waals surface area contributed by atoms with Gasteiger partial charge in [0.25, 0.3) is 11.5 Å². The van der Waals surface area contributed by atoms with E-state index >= 15 is 0 Å². The van der Waals surface area contributed by atoms with Gasteiger partial charge >= 0.3 is 0 Å². The number of hydrogen-bond donors (Lipinski definition) is 3. The third kappa shape index (κ3) is 3.24. The van der Waals surface area contributed by atoms with Gasteiger partial charge in [0.15, 0.2) is 5.82 Å². The van der Waals surface area contributed by atoms with Crippen LogP contribution in [0.5, 0.6) is 0 Å². The third-order valence-electron chi connectivity index (χ3n) is 3.58. The van der Waals surface area contributed by atoms with E-state index in [4.69, 9.17) is 0 Å². The van der Waals surface area contributed by atoms with E-state index in [9.17, 15) is 9.59 Å². The molecule has 1 aromatic carbocycles. The van der Waals surface area contributed by atoms with Crippen LogP contribution < -0.4 is 10.9 Å². The number of H-pyrrole nitrogens is 2. The van der Waals surface area contributed by atoms with Crippen LogP contribution in [-0.2, 0) is 0 Å². The standard InChI is InChI=1S/C17H17N5O2/c1-10-8-9-13(16(23)18-10)17(24)20-14(12-6-4-3-5-7-12)15-19-11(2)21-22-15/h3-9,14H,1-2H3,(H,18,23)(H,20,24)(H,19,21,22). The second-order valence-corrected chi connectivity index (χ2v) is 5.48. The number of hydrogen-bond acceptors (Lipinski definition) is 4. The monoisotopic (exact) mass is 323 g/mol. The molecule has 0 aliphatic carbocycles. The first-order chi connectivity index (χ1) is 11.5.